The number of nitrogens with one attached hydrogen (secondary N) is 1. The van der Waals surface area contributed by atoms with Gasteiger partial charge in [0.1, 0.15) is 16.9 Å². The van der Waals surface area contributed by atoms with Crippen molar-refractivity contribution in [1.82, 2.24) is 20.3 Å². The second-order valence-electron chi connectivity index (χ2n) is 8.46. The Morgan fingerprint density at radius 2 is 1.68 bits per heavy atom. The first-order chi connectivity index (χ1) is 17.9. The summed E-state index contributed by atoms with van der Waals surface area (Å²) in [6.07, 6.45) is 0. The third-order valence-electron chi connectivity index (χ3n) is 5.91. The summed E-state index contributed by atoms with van der Waals surface area (Å²) in [6, 6.07) is 23.2. The summed E-state index contributed by atoms with van der Waals surface area (Å²) in [7, 11) is 0. The predicted molar refractivity (Wildman–Crippen MR) is 138 cm³/mol. The van der Waals surface area contributed by atoms with Crippen molar-refractivity contribution in [3.05, 3.63) is 118 Å². The van der Waals surface area contributed by atoms with Gasteiger partial charge in [-0.25, -0.2) is 13.9 Å². The van der Waals surface area contributed by atoms with Gasteiger partial charge in [-0.1, -0.05) is 53.2 Å². The van der Waals surface area contributed by atoms with Crippen LogP contribution in [0.5, 0.6) is 0 Å². The van der Waals surface area contributed by atoms with E-state index >= 15 is 0 Å². The number of hydrogen-bond donors (Lipinski definition) is 2. The molecule has 0 saturated carbocycles. The molecule has 5 aromatic rings. The third kappa shape index (κ3) is 5.34. The van der Waals surface area contributed by atoms with Crippen LogP contribution in [-0.4, -0.2) is 32.0 Å². The summed E-state index contributed by atoms with van der Waals surface area (Å²) in [5.41, 5.74) is 4.64. The highest BCUT2D eigenvalue weighted by molar-refractivity contribution is 6.30. The van der Waals surface area contributed by atoms with Crippen molar-refractivity contribution >= 4 is 34.5 Å². The van der Waals surface area contributed by atoms with Gasteiger partial charge in [0.05, 0.1) is 17.7 Å². The van der Waals surface area contributed by atoms with Gasteiger partial charge in [0, 0.05) is 11.6 Å². The van der Waals surface area contributed by atoms with Gasteiger partial charge in [-0.2, -0.15) is 0 Å². The molecule has 0 spiro atoms. The molecule has 0 aliphatic rings. The lowest BCUT2D eigenvalue weighted by Crippen LogP contribution is -2.24. The van der Waals surface area contributed by atoms with Crippen LogP contribution in [0.4, 0.5) is 4.39 Å². The number of carbonyl (C=O) groups is 2. The Bertz CT molecular complexity index is 1620. The average molecular weight is 515 g/mol. The highest BCUT2D eigenvalue weighted by Crippen LogP contribution is 2.28. The summed E-state index contributed by atoms with van der Waals surface area (Å²) >= 11 is 6.14. The number of carboxylic acids is 1. The van der Waals surface area contributed by atoms with Crippen molar-refractivity contribution in [1.29, 1.82) is 0 Å². The van der Waals surface area contributed by atoms with Crippen LogP contribution in [0.1, 0.15) is 31.8 Å². The zero-order valence-corrected chi connectivity index (χ0v) is 20.1. The maximum Gasteiger partial charge on any atom is 0.335 e. The van der Waals surface area contributed by atoms with Gasteiger partial charge in [0.15, 0.2) is 0 Å². The Morgan fingerprint density at radius 3 is 2.38 bits per heavy atom. The topological polar surface area (TPSA) is 97.1 Å². The molecule has 37 heavy (non-hydrogen) atoms. The average Bonchev–Trinajstić information content (AvgIpc) is 3.30. The van der Waals surface area contributed by atoms with Crippen LogP contribution in [-0.2, 0) is 13.1 Å². The molecule has 0 aliphatic carbocycles. The van der Waals surface area contributed by atoms with Crippen LogP contribution in [0.25, 0.3) is 22.2 Å². The highest BCUT2D eigenvalue weighted by atomic mass is 35.5. The monoisotopic (exact) mass is 514 g/mol. The van der Waals surface area contributed by atoms with E-state index in [2.05, 4.69) is 15.6 Å². The van der Waals surface area contributed by atoms with Crippen LogP contribution in [0.3, 0.4) is 0 Å². The molecule has 4 aromatic carbocycles. The van der Waals surface area contributed by atoms with Crippen molar-refractivity contribution in [2.45, 2.75) is 13.1 Å². The lowest BCUT2D eigenvalue weighted by Gasteiger charge is -2.11. The number of carbonyl (C=O) groups excluding carboxylic acids is 1. The number of rotatable bonds is 7. The molecule has 0 atom stereocenters. The number of halogens is 2. The van der Waals surface area contributed by atoms with E-state index in [-0.39, 0.29) is 23.8 Å². The third-order valence-corrected chi connectivity index (χ3v) is 6.14. The number of carboxylic acid groups (broad SMARTS) is 1. The van der Waals surface area contributed by atoms with Gasteiger partial charge in [-0.3, -0.25) is 4.79 Å². The van der Waals surface area contributed by atoms with Gasteiger partial charge in [-0.15, -0.1) is 5.10 Å². The summed E-state index contributed by atoms with van der Waals surface area (Å²) in [5, 5.41) is 21.2. The Labute approximate surface area is 216 Å². The Hall–Kier alpha value is -4.56. The smallest absolute Gasteiger partial charge is 0.335 e. The summed E-state index contributed by atoms with van der Waals surface area (Å²) in [6.45, 7) is 0.542. The molecule has 9 heteroatoms. The Balaban J connectivity index is 1.52. The van der Waals surface area contributed by atoms with E-state index in [1.165, 1.54) is 24.3 Å². The fourth-order valence-corrected chi connectivity index (χ4v) is 4.27. The van der Waals surface area contributed by atoms with Gasteiger partial charge >= 0.3 is 5.97 Å². The first-order valence-corrected chi connectivity index (χ1v) is 11.7. The normalized spacial score (nSPS) is 11.0. The van der Waals surface area contributed by atoms with E-state index in [1.807, 2.05) is 24.3 Å². The maximum absolute atomic E-state index is 13.5. The molecule has 0 unspecified atom stereocenters. The number of amides is 1. The number of aromatic carboxylic acids is 1. The van der Waals surface area contributed by atoms with Crippen LogP contribution in [0.2, 0.25) is 5.02 Å². The van der Waals surface area contributed by atoms with Crippen molar-refractivity contribution in [3.63, 3.8) is 0 Å². The summed E-state index contributed by atoms with van der Waals surface area (Å²) in [4.78, 5) is 24.5. The highest BCUT2D eigenvalue weighted by Gasteiger charge is 2.19. The van der Waals surface area contributed by atoms with Crippen molar-refractivity contribution < 1.29 is 19.1 Å². The molecule has 7 nitrogen and oxygen atoms in total. The van der Waals surface area contributed by atoms with E-state index in [9.17, 15) is 14.0 Å². The first kappa shape index (κ1) is 24.1. The molecule has 0 bridgehead atoms. The second kappa shape index (κ2) is 10.2. The molecular weight excluding hydrogens is 495 g/mol. The van der Waals surface area contributed by atoms with E-state index in [4.69, 9.17) is 16.7 Å². The zero-order chi connectivity index (χ0) is 25.9. The largest absolute Gasteiger partial charge is 0.478 e. The fourth-order valence-electron chi connectivity index (χ4n) is 4.06. The number of benzene rings is 4. The number of nitrogens with zero attached hydrogens (tertiary/aromatic N) is 3. The minimum atomic E-state index is -1.02. The molecule has 0 aliphatic heterocycles. The molecule has 0 fully saturated rings. The molecule has 0 saturated heterocycles. The lowest BCUT2D eigenvalue weighted by atomic mass is 10.0. The van der Waals surface area contributed by atoms with Gasteiger partial charge < -0.3 is 10.4 Å². The lowest BCUT2D eigenvalue weighted by molar-refractivity contribution is 0.0696. The van der Waals surface area contributed by atoms with Crippen LogP contribution in [0, 0.1) is 5.82 Å². The molecule has 1 aromatic heterocycles. The number of hydrogen-bond acceptors (Lipinski definition) is 4. The second-order valence-corrected chi connectivity index (χ2v) is 8.90. The van der Waals surface area contributed by atoms with Crippen LogP contribution >= 0.6 is 11.6 Å². The van der Waals surface area contributed by atoms with Crippen LogP contribution < -0.4 is 5.32 Å². The van der Waals surface area contributed by atoms with E-state index in [0.717, 1.165) is 16.7 Å². The zero-order valence-electron chi connectivity index (χ0n) is 19.4. The van der Waals surface area contributed by atoms with Crippen LogP contribution in [0.15, 0.2) is 84.9 Å². The molecule has 5 rings (SSSR count). The van der Waals surface area contributed by atoms with E-state index < -0.39 is 5.97 Å². The van der Waals surface area contributed by atoms with Gasteiger partial charge in [0.25, 0.3) is 5.91 Å². The summed E-state index contributed by atoms with van der Waals surface area (Å²) in [5.74, 6) is -1.73. The van der Waals surface area contributed by atoms with Gasteiger partial charge in [-0.05, 0) is 70.8 Å². The predicted octanol–water partition coefficient (Wildman–Crippen LogP) is 5.57. The van der Waals surface area contributed by atoms with Crippen molar-refractivity contribution in [3.8, 4) is 11.1 Å². The SMILES string of the molecule is O=C(O)c1ccc(CNC(=O)c2cc(-c3ccc(F)cc3)cc3nnn(Cc4cccc(Cl)c4)c23)cc1. The quantitative estimate of drug-likeness (QED) is 0.296. The van der Waals surface area contributed by atoms with E-state index in [1.54, 1.807) is 41.1 Å². The molecule has 184 valence electrons. The van der Waals surface area contributed by atoms with E-state index in [0.29, 0.717) is 33.7 Å². The molecule has 2 N–H and O–H groups in total. The molecule has 1 heterocycles. The first-order valence-electron chi connectivity index (χ1n) is 11.4. The fraction of sp³-hybridized carbons (Fsp3) is 0.0714. The van der Waals surface area contributed by atoms with Crippen molar-refractivity contribution in [2.75, 3.05) is 0 Å². The van der Waals surface area contributed by atoms with Gasteiger partial charge in [0.2, 0.25) is 0 Å². The minimum Gasteiger partial charge on any atom is -0.478 e. The minimum absolute atomic E-state index is 0.166. The maximum atomic E-state index is 13.5. The van der Waals surface area contributed by atoms with Crippen molar-refractivity contribution in [2.24, 2.45) is 0 Å². The Kier molecular flexibility index (Phi) is 6.66. The molecular formula is C28H20ClFN4O3. The molecule has 1 amide bonds. The molecule has 0 radical (unpaired) electrons. The number of fused-ring (bicyclic) bond motifs is 1. The number of aromatic nitrogens is 3. The summed E-state index contributed by atoms with van der Waals surface area (Å²) < 4.78 is 15.1. The Morgan fingerprint density at radius 1 is 0.919 bits per heavy atom. The standard InChI is InChI=1S/C28H20ClFN4O3/c29-22-3-1-2-18(12-22)16-34-26-24(27(35)31-15-17-4-6-20(7-5-17)28(36)37)13-21(14-25(26)32-33-34)19-8-10-23(30)11-9-19/h1-14H,15-16H2,(H,31,35)(H,36,37).